The lowest BCUT2D eigenvalue weighted by atomic mass is 10.1. The van der Waals surface area contributed by atoms with Gasteiger partial charge in [-0.25, -0.2) is 0 Å². The Balaban J connectivity index is 2.36. The Morgan fingerprint density at radius 3 is 2.90 bits per heavy atom. The smallest absolute Gasteiger partial charge is 0.220 e. The maximum Gasteiger partial charge on any atom is 0.220 e. The van der Waals surface area contributed by atoms with Gasteiger partial charge in [0.2, 0.25) is 5.91 Å². The Bertz CT molecular complexity index is 138. The van der Waals surface area contributed by atoms with Crippen molar-refractivity contribution >= 4 is 17.7 Å². The number of hydrogen-bond donors (Lipinski definition) is 1. The van der Waals surface area contributed by atoms with Crippen LogP contribution < -0.4 is 5.32 Å². The number of rotatable bonds is 2. The Kier molecular flexibility index (Phi) is 2.60. The van der Waals surface area contributed by atoms with Crippen LogP contribution in [0.5, 0.6) is 0 Å². The van der Waals surface area contributed by atoms with Crippen molar-refractivity contribution in [3.05, 3.63) is 0 Å². The van der Waals surface area contributed by atoms with Crippen molar-refractivity contribution in [1.29, 1.82) is 0 Å². The fraction of sp³-hybridized carbons (Fsp3) is 0.857. The van der Waals surface area contributed by atoms with E-state index in [4.69, 9.17) is 0 Å². The molecule has 2 unspecified atom stereocenters. The van der Waals surface area contributed by atoms with E-state index in [1.54, 1.807) is 0 Å². The van der Waals surface area contributed by atoms with Crippen LogP contribution >= 0.6 is 11.8 Å². The second-order valence-electron chi connectivity index (χ2n) is 2.71. The topological polar surface area (TPSA) is 29.1 Å². The molecule has 10 heavy (non-hydrogen) atoms. The van der Waals surface area contributed by atoms with Crippen LogP contribution in [0, 0.1) is 5.92 Å². The molecule has 1 heterocycles. The molecule has 2 nitrogen and oxygen atoms in total. The molecule has 0 saturated carbocycles. The van der Waals surface area contributed by atoms with E-state index in [9.17, 15) is 4.79 Å². The van der Waals surface area contributed by atoms with Gasteiger partial charge in [0.15, 0.2) is 0 Å². The molecule has 1 saturated heterocycles. The standard InChI is InChI=1S/C7H13NOS/c1-5(10-2)6-3-7(9)8-4-6/h5-6H,3-4H2,1-2H3,(H,8,9). The molecular weight excluding hydrogens is 146 g/mol. The van der Waals surface area contributed by atoms with Crippen LogP contribution in [0.3, 0.4) is 0 Å². The summed E-state index contributed by atoms with van der Waals surface area (Å²) < 4.78 is 0. The quantitative estimate of drug-likeness (QED) is 0.648. The summed E-state index contributed by atoms with van der Waals surface area (Å²) in [6.45, 7) is 3.05. The zero-order chi connectivity index (χ0) is 7.56. The van der Waals surface area contributed by atoms with Crippen molar-refractivity contribution in [3.63, 3.8) is 0 Å². The highest BCUT2D eigenvalue weighted by Gasteiger charge is 2.25. The molecule has 0 bridgehead atoms. The van der Waals surface area contributed by atoms with Gasteiger partial charge in [-0.15, -0.1) is 0 Å². The third-order valence-corrected chi connectivity index (χ3v) is 3.17. The lowest BCUT2D eigenvalue weighted by molar-refractivity contribution is -0.119. The van der Waals surface area contributed by atoms with Crippen LogP contribution in [0.15, 0.2) is 0 Å². The molecule has 0 spiro atoms. The van der Waals surface area contributed by atoms with E-state index in [1.807, 2.05) is 11.8 Å². The van der Waals surface area contributed by atoms with Crippen molar-refractivity contribution in [2.24, 2.45) is 5.92 Å². The monoisotopic (exact) mass is 159 g/mol. The second-order valence-corrected chi connectivity index (χ2v) is 3.92. The maximum atomic E-state index is 10.8. The highest BCUT2D eigenvalue weighted by atomic mass is 32.2. The predicted molar refractivity (Wildman–Crippen MR) is 44.1 cm³/mol. The highest BCUT2D eigenvalue weighted by molar-refractivity contribution is 7.99. The van der Waals surface area contributed by atoms with E-state index >= 15 is 0 Å². The molecule has 0 aromatic rings. The van der Waals surface area contributed by atoms with E-state index in [1.165, 1.54) is 0 Å². The number of carbonyl (C=O) groups excluding carboxylic acids is 1. The van der Waals surface area contributed by atoms with Crippen LogP contribution in [-0.2, 0) is 4.79 Å². The number of hydrogen-bond acceptors (Lipinski definition) is 2. The molecule has 0 aromatic heterocycles. The number of amides is 1. The first-order valence-electron chi connectivity index (χ1n) is 3.53. The second kappa shape index (κ2) is 3.28. The molecule has 0 aliphatic carbocycles. The van der Waals surface area contributed by atoms with Crippen LogP contribution in [-0.4, -0.2) is 24.0 Å². The minimum Gasteiger partial charge on any atom is -0.356 e. The molecule has 1 aliphatic rings. The molecule has 2 atom stereocenters. The average Bonchev–Trinajstić information content (AvgIpc) is 2.34. The van der Waals surface area contributed by atoms with E-state index in [2.05, 4.69) is 18.5 Å². The van der Waals surface area contributed by atoms with Crippen molar-refractivity contribution in [3.8, 4) is 0 Å². The largest absolute Gasteiger partial charge is 0.356 e. The summed E-state index contributed by atoms with van der Waals surface area (Å²) in [4.78, 5) is 10.8. The van der Waals surface area contributed by atoms with Gasteiger partial charge in [-0.3, -0.25) is 4.79 Å². The molecular formula is C7H13NOS. The van der Waals surface area contributed by atoms with E-state index in [0.29, 0.717) is 11.2 Å². The summed E-state index contributed by atoms with van der Waals surface area (Å²) in [6.07, 6.45) is 2.81. The van der Waals surface area contributed by atoms with Crippen molar-refractivity contribution in [2.75, 3.05) is 12.8 Å². The van der Waals surface area contributed by atoms with Gasteiger partial charge in [-0.1, -0.05) is 6.92 Å². The molecule has 3 heteroatoms. The van der Waals surface area contributed by atoms with Crippen LogP contribution in [0.25, 0.3) is 0 Å². The third-order valence-electron chi connectivity index (χ3n) is 2.04. The van der Waals surface area contributed by atoms with Gasteiger partial charge in [0.05, 0.1) is 0 Å². The van der Waals surface area contributed by atoms with Gasteiger partial charge in [0.1, 0.15) is 0 Å². The molecule has 0 radical (unpaired) electrons. The number of nitrogens with one attached hydrogen (secondary N) is 1. The fourth-order valence-corrected chi connectivity index (χ4v) is 1.73. The number of thioether (sulfide) groups is 1. The van der Waals surface area contributed by atoms with Gasteiger partial charge in [0, 0.05) is 18.2 Å². The maximum absolute atomic E-state index is 10.8. The van der Waals surface area contributed by atoms with E-state index in [-0.39, 0.29) is 5.91 Å². The fourth-order valence-electron chi connectivity index (χ4n) is 1.15. The summed E-state index contributed by atoms with van der Waals surface area (Å²) in [6, 6.07) is 0. The summed E-state index contributed by atoms with van der Waals surface area (Å²) in [5, 5.41) is 3.44. The molecule has 1 rings (SSSR count). The average molecular weight is 159 g/mol. The molecule has 1 N–H and O–H groups in total. The van der Waals surface area contributed by atoms with E-state index < -0.39 is 0 Å². The van der Waals surface area contributed by atoms with Crippen LogP contribution in [0.4, 0.5) is 0 Å². The summed E-state index contributed by atoms with van der Waals surface area (Å²) in [5.41, 5.74) is 0. The molecule has 1 amide bonds. The van der Waals surface area contributed by atoms with Crippen molar-refractivity contribution in [2.45, 2.75) is 18.6 Å². The molecule has 58 valence electrons. The zero-order valence-corrected chi connectivity index (χ0v) is 7.20. The highest BCUT2D eigenvalue weighted by Crippen LogP contribution is 2.22. The van der Waals surface area contributed by atoms with Gasteiger partial charge >= 0.3 is 0 Å². The van der Waals surface area contributed by atoms with Gasteiger partial charge in [-0.05, 0) is 12.2 Å². The van der Waals surface area contributed by atoms with Gasteiger partial charge < -0.3 is 5.32 Å². The van der Waals surface area contributed by atoms with E-state index in [0.717, 1.165) is 13.0 Å². The summed E-state index contributed by atoms with van der Waals surface area (Å²) >= 11 is 1.83. The van der Waals surface area contributed by atoms with Crippen molar-refractivity contribution < 1.29 is 4.79 Å². The van der Waals surface area contributed by atoms with Gasteiger partial charge in [0.25, 0.3) is 0 Å². The van der Waals surface area contributed by atoms with Crippen LogP contribution in [0.2, 0.25) is 0 Å². The first kappa shape index (κ1) is 7.92. The summed E-state index contributed by atoms with van der Waals surface area (Å²) in [7, 11) is 0. The minimum atomic E-state index is 0.214. The molecule has 1 fully saturated rings. The minimum absolute atomic E-state index is 0.214. The SMILES string of the molecule is CSC(C)C1CNC(=O)C1. The lowest BCUT2D eigenvalue weighted by Gasteiger charge is -2.13. The zero-order valence-electron chi connectivity index (χ0n) is 6.39. The Morgan fingerprint density at radius 1 is 1.80 bits per heavy atom. The number of carbonyl (C=O) groups is 1. The van der Waals surface area contributed by atoms with Crippen LogP contribution in [0.1, 0.15) is 13.3 Å². The summed E-state index contributed by atoms with van der Waals surface area (Å²) in [5.74, 6) is 0.772. The first-order chi connectivity index (χ1) is 4.74. The Morgan fingerprint density at radius 2 is 2.50 bits per heavy atom. The Labute approximate surface area is 65.8 Å². The lowest BCUT2D eigenvalue weighted by Crippen LogP contribution is -2.17. The predicted octanol–water partition coefficient (Wildman–Crippen LogP) is 0.874. The Hall–Kier alpha value is -0.180. The van der Waals surface area contributed by atoms with Gasteiger partial charge in [-0.2, -0.15) is 11.8 Å². The van der Waals surface area contributed by atoms with Crippen molar-refractivity contribution in [1.82, 2.24) is 5.32 Å². The third kappa shape index (κ3) is 1.66. The molecule has 1 aliphatic heterocycles. The normalized spacial score (nSPS) is 28.2. The first-order valence-corrected chi connectivity index (χ1v) is 4.82. The molecule has 0 aromatic carbocycles.